The van der Waals surface area contributed by atoms with Crippen LogP contribution in [-0.4, -0.2) is 46.0 Å². The molecule has 1 N–H and O–H groups in total. The number of benzene rings is 1. The summed E-state index contributed by atoms with van der Waals surface area (Å²) in [5.74, 6) is -3.73. The zero-order valence-electron chi connectivity index (χ0n) is 10.5. The van der Waals surface area contributed by atoms with Gasteiger partial charge in [0.25, 0.3) is 11.7 Å². The molecular weight excluding hydrogens is 288 g/mol. The molecule has 1 unspecified atom stereocenters. The Bertz CT molecular complexity index is 507. The van der Waals surface area contributed by atoms with Crippen LogP contribution in [0.4, 0.5) is 8.78 Å². The average molecular weight is 301 g/mol. The molecule has 7 heteroatoms. The van der Waals surface area contributed by atoms with E-state index in [0.717, 1.165) is 0 Å². The van der Waals surface area contributed by atoms with E-state index in [-0.39, 0.29) is 16.7 Å². The summed E-state index contributed by atoms with van der Waals surface area (Å²) in [5.41, 5.74) is 0.479. The number of halogens is 2. The molecule has 0 spiro atoms. The third-order valence-corrected chi connectivity index (χ3v) is 4.08. The molecule has 1 heterocycles. The Hall–Kier alpha value is -1.63. The molecule has 1 fully saturated rings. The lowest BCUT2D eigenvalue weighted by atomic mass is 10.1. The summed E-state index contributed by atoms with van der Waals surface area (Å²) in [6, 6.07) is 5.60. The molecule has 1 aromatic carbocycles. The predicted octanol–water partition coefficient (Wildman–Crippen LogP) is 2.56. The van der Waals surface area contributed by atoms with Gasteiger partial charge in [0.2, 0.25) is 0 Å². The number of rotatable bonds is 4. The van der Waals surface area contributed by atoms with Crippen LogP contribution in [0.25, 0.3) is 0 Å². The van der Waals surface area contributed by atoms with Crippen molar-refractivity contribution in [2.24, 2.45) is 0 Å². The van der Waals surface area contributed by atoms with Crippen LogP contribution in [0.15, 0.2) is 24.3 Å². The Morgan fingerprint density at radius 1 is 1.25 bits per heavy atom. The van der Waals surface area contributed by atoms with E-state index in [1.807, 2.05) is 0 Å². The smallest absolute Gasteiger partial charge is 0.335 e. The molecule has 0 aromatic heterocycles. The monoisotopic (exact) mass is 301 g/mol. The van der Waals surface area contributed by atoms with Crippen molar-refractivity contribution in [2.45, 2.75) is 17.4 Å². The number of carboxylic acid groups (broad SMARTS) is 1. The van der Waals surface area contributed by atoms with Crippen LogP contribution in [-0.2, 0) is 0 Å². The second-order valence-electron chi connectivity index (χ2n) is 4.44. The first-order valence-electron chi connectivity index (χ1n) is 6.03. The summed E-state index contributed by atoms with van der Waals surface area (Å²) in [4.78, 5) is 24.4. The minimum atomic E-state index is -2.43. The van der Waals surface area contributed by atoms with Crippen molar-refractivity contribution in [1.82, 2.24) is 4.90 Å². The zero-order chi connectivity index (χ0) is 14.7. The molecule has 0 radical (unpaired) electrons. The third-order valence-electron chi connectivity index (χ3n) is 3.11. The molecule has 1 aliphatic heterocycles. The first kappa shape index (κ1) is 14.8. The minimum absolute atomic E-state index is 0.106. The maximum atomic E-state index is 12.3. The van der Waals surface area contributed by atoms with Crippen LogP contribution < -0.4 is 0 Å². The van der Waals surface area contributed by atoms with E-state index in [4.69, 9.17) is 5.11 Å². The van der Waals surface area contributed by atoms with E-state index in [1.54, 1.807) is 0 Å². The van der Waals surface area contributed by atoms with Gasteiger partial charge >= 0.3 is 5.97 Å². The van der Waals surface area contributed by atoms with Gasteiger partial charge in [-0.25, -0.2) is 4.79 Å². The first-order valence-corrected chi connectivity index (χ1v) is 6.98. The molecular formula is C13H13F2NO3S. The van der Waals surface area contributed by atoms with Gasteiger partial charge in [0.15, 0.2) is 0 Å². The molecule has 2 rings (SSSR count). The Morgan fingerprint density at radius 2 is 1.85 bits per heavy atom. The van der Waals surface area contributed by atoms with Gasteiger partial charge in [-0.2, -0.15) is 8.78 Å². The normalized spacial score (nSPS) is 18.6. The fourth-order valence-electron chi connectivity index (χ4n) is 2.11. The van der Waals surface area contributed by atoms with Crippen LogP contribution in [0.2, 0.25) is 0 Å². The maximum Gasteiger partial charge on any atom is 0.335 e. The fraction of sp³-hybridized carbons (Fsp3) is 0.385. The summed E-state index contributed by atoms with van der Waals surface area (Å²) >= 11 is 0.580. The number of hydrogen-bond acceptors (Lipinski definition) is 3. The number of carbonyl (C=O) groups is 2. The SMILES string of the molecule is O=C(O)c1ccc(C(=O)N2CCC(SC(F)F)C2)cc1. The maximum absolute atomic E-state index is 12.3. The van der Waals surface area contributed by atoms with Crippen molar-refractivity contribution in [3.63, 3.8) is 0 Å². The molecule has 0 bridgehead atoms. The van der Waals surface area contributed by atoms with Crippen LogP contribution in [0.3, 0.4) is 0 Å². The highest BCUT2D eigenvalue weighted by Gasteiger charge is 2.29. The van der Waals surface area contributed by atoms with Crippen LogP contribution in [0.5, 0.6) is 0 Å². The number of nitrogens with zero attached hydrogens (tertiary/aromatic N) is 1. The van der Waals surface area contributed by atoms with E-state index < -0.39 is 11.7 Å². The van der Waals surface area contributed by atoms with Crippen LogP contribution in [0, 0.1) is 0 Å². The highest BCUT2D eigenvalue weighted by Crippen LogP contribution is 2.28. The number of thioether (sulfide) groups is 1. The van der Waals surface area contributed by atoms with Gasteiger partial charge in [0, 0.05) is 23.9 Å². The van der Waals surface area contributed by atoms with Gasteiger partial charge in [0.1, 0.15) is 0 Å². The summed E-state index contributed by atoms with van der Waals surface area (Å²) in [6.07, 6.45) is 0.550. The second-order valence-corrected chi connectivity index (χ2v) is 5.74. The van der Waals surface area contributed by atoms with E-state index in [2.05, 4.69) is 0 Å². The summed E-state index contributed by atoms with van der Waals surface area (Å²) in [6.45, 7) is 0.748. The van der Waals surface area contributed by atoms with E-state index >= 15 is 0 Å². The number of carbonyl (C=O) groups excluding carboxylic acids is 1. The van der Waals surface area contributed by atoms with E-state index in [1.165, 1.54) is 29.2 Å². The highest BCUT2D eigenvalue weighted by molar-refractivity contribution is 8.00. The van der Waals surface area contributed by atoms with E-state index in [0.29, 0.717) is 36.8 Å². The van der Waals surface area contributed by atoms with Crippen molar-refractivity contribution in [2.75, 3.05) is 13.1 Å². The lowest BCUT2D eigenvalue weighted by Crippen LogP contribution is -2.29. The van der Waals surface area contributed by atoms with Gasteiger partial charge in [-0.3, -0.25) is 4.79 Å². The topological polar surface area (TPSA) is 57.6 Å². The Balaban J connectivity index is 2.00. The molecule has 20 heavy (non-hydrogen) atoms. The van der Waals surface area contributed by atoms with Gasteiger partial charge in [0.05, 0.1) is 5.56 Å². The number of hydrogen-bond donors (Lipinski definition) is 1. The Labute approximate surface area is 118 Å². The average Bonchev–Trinajstić information content (AvgIpc) is 2.85. The van der Waals surface area contributed by atoms with Crippen molar-refractivity contribution in [3.05, 3.63) is 35.4 Å². The summed E-state index contributed by atoms with van der Waals surface area (Å²) in [5, 5.41) is 8.54. The van der Waals surface area contributed by atoms with Gasteiger partial charge in [-0.15, -0.1) is 0 Å². The predicted molar refractivity (Wildman–Crippen MR) is 71.3 cm³/mol. The van der Waals surface area contributed by atoms with Crippen molar-refractivity contribution in [1.29, 1.82) is 0 Å². The molecule has 0 saturated carbocycles. The molecule has 1 aromatic rings. The largest absolute Gasteiger partial charge is 0.478 e. The fourth-order valence-corrected chi connectivity index (χ4v) is 2.91. The second kappa shape index (κ2) is 6.21. The minimum Gasteiger partial charge on any atom is -0.478 e. The summed E-state index contributed by atoms with van der Waals surface area (Å²) < 4.78 is 24.5. The van der Waals surface area contributed by atoms with Crippen LogP contribution in [0.1, 0.15) is 27.1 Å². The highest BCUT2D eigenvalue weighted by atomic mass is 32.2. The Morgan fingerprint density at radius 3 is 2.40 bits per heavy atom. The van der Waals surface area contributed by atoms with Gasteiger partial charge in [-0.1, -0.05) is 11.8 Å². The zero-order valence-corrected chi connectivity index (χ0v) is 11.3. The molecule has 1 atom stereocenters. The van der Waals surface area contributed by atoms with Gasteiger partial charge < -0.3 is 10.0 Å². The molecule has 1 aliphatic rings. The van der Waals surface area contributed by atoms with Gasteiger partial charge in [-0.05, 0) is 30.7 Å². The first-order chi connectivity index (χ1) is 9.47. The lowest BCUT2D eigenvalue weighted by Gasteiger charge is -2.16. The molecule has 0 aliphatic carbocycles. The summed E-state index contributed by atoms with van der Waals surface area (Å²) in [7, 11) is 0. The van der Waals surface area contributed by atoms with Crippen LogP contribution >= 0.6 is 11.8 Å². The Kier molecular flexibility index (Phi) is 4.59. The standard InChI is InChI=1S/C13H13F2NO3S/c14-13(15)20-10-5-6-16(7-10)11(17)8-1-3-9(4-2-8)12(18)19/h1-4,10,13H,5-7H2,(H,18,19). The number of aromatic carboxylic acids is 1. The molecule has 1 saturated heterocycles. The van der Waals surface area contributed by atoms with Crippen molar-refractivity contribution in [3.8, 4) is 0 Å². The number of alkyl halides is 2. The number of amides is 1. The molecule has 1 amide bonds. The third kappa shape index (κ3) is 3.47. The van der Waals surface area contributed by atoms with E-state index in [9.17, 15) is 18.4 Å². The number of likely N-dealkylation sites (tertiary alicyclic amines) is 1. The molecule has 4 nitrogen and oxygen atoms in total. The quantitative estimate of drug-likeness (QED) is 0.928. The van der Waals surface area contributed by atoms with Crippen molar-refractivity contribution >= 4 is 23.6 Å². The number of carboxylic acids is 1. The van der Waals surface area contributed by atoms with Crippen molar-refractivity contribution < 1.29 is 23.5 Å². The lowest BCUT2D eigenvalue weighted by molar-refractivity contribution is 0.0695. The molecule has 108 valence electrons.